The Morgan fingerprint density at radius 1 is 1.20 bits per heavy atom. The molecule has 0 aliphatic heterocycles. The molecule has 0 bridgehead atoms. The van der Waals surface area contributed by atoms with Crippen molar-refractivity contribution < 1.29 is 9.90 Å². The minimum absolute atomic E-state index is 0.155. The van der Waals surface area contributed by atoms with E-state index in [1.54, 1.807) is 12.1 Å². The van der Waals surface area contributed by atoms with Crippen molar-refractivity contribution in [1.29, 1.82) is 0 Å². The van der Waals surface area contributed by atoms with Crippen LogP contribution in [-0.2, 0) is 0 Å². The molecule has 0 amide bonds. The van der Waals surface area contributed by atoms with Gasteiger partial charge in [-0.05, 0) is 56.3 Å². The molecule has 6 heteroatoms. The van der Waals surface area contributed by atoms with E-state index in [2.05, 4.69) is 9.97 Å². The molecule has 104 valence electrons. The van der Waals surface area contributed by atoms with Gasteiger partial charge < -0.3 is 5.11 Å². The maximum Gasteiger partial charge on any atom is 0.336 e. The first-order valence-electron chi connectivity index (χ1n) is 5.91. The van der Waals surface area contributed by atoms with Gasteiger partial charge in [-0.2, -0.15) is 0 Å². The third-order valence-corrected chi connectivity index (χ3v) is 4.16. The Morgan fingerprint density at radius 2 is 1.80 bits per heavy atom. The molecule has 2 rings (SSSR count). The third-order valence-electron chi connectivity index (χ3n) is 2.99. The number of rotatable bonds is 3. The van der Waals surface area contributed by atoms with Gasteiger partial charge in [-0.3, -0.25) is 0 Å². The SMILES string of the molecule is Cc1nc(Sc2ccc(Cl)cc2C(=O)O)nc(C)c1C. The number of hydrogen-bond acceptors (Lipinski definition) is 4. The molecule has 4 nitrogen and oxygen atoms in total. The second-order valence-electron chi connectivity index (χ2n) is 4.35. The Hall–Kier alpha value is -1.59. The molecule has 2 aromatic rings. The zero-order valence-corrected chi connectivity index (χ0v) is 12.8. The monoisotopic (exact) mass is 308 g/mol. The maximum atomic E-state index is 11.2. The summed E-state index contributed by atoms with van der Waals surface area (Å²) in [5.74, 6) is -1.02. The molecule has 0 aliphatic rings. The molecule has 0 fully saturated rings. The summed E-state index contributed by atoms with van der Waals surface area (Å²) >= 11 is 7.06. The van der Waals surface area contributed by atoms with Crippen LogP contribution >= 0.6 is 23.4 Å². The van der Waals surface area contributed by atoms with Crippen molar-refractivity contribution >= 4 is 29.3 Å². The van der Waals surface area contributed by atoms with Crippen LogP contribution in [0.5, 0.6) is 0 Å². The predicted molar refractivity (Wildman–Crippen MR) is 78.8 cm³/mol. The van der Waals surface area contributed by atoms with Gasteiger partial charge >= 0.3 is 5.97 Å². The number of aromatic carboxylic acids is 1. The standard InChI is InChI=1S/C14H13ClN2O2S/c1-7-8(2)16-14(17-9(7)3)20-12-5-4-10(15)6-11(12)13(18)19/h4-6H,1-3H3,(H,18,19). The Balaban J connectivity index is 2.42. The van der Waals surface area contributed by atoms with E-state index in [-0.39, 0.29) is 5.56 Å². The van der Waals surface area contributed by atoms with E-state index in [1.165, 1.54) is 17.8 Å². The number of carbonyl (C=O) groups is 1. The minimum Gasteiger partial charge on any atom is -0.478 e. The van der Waals surface area contributed by atoms with E-state index in [9.17, 15) is 9.90 Å². The Kier molecular flexibility index (Phi) is 4.30. The number of aromatic nitrogens is 2. The summed E-state index contributed by atoms with van der Waals surface area (Å²) in [6.45, 7) is 5.78. The Morgan fingerprint density at radius 3 is 2.35 bits per heavy atom. The van der Waals surface area contributed by atoms with Crippen LogP contribution < -0.4 is 0 Å². The van der Waals surface area contributed by atoms with Crippen LogP contribution in [-0.4, -0.2) is 21.0 Å². The van der Waals surface area contributed by atoms with Crippen LogP contribution in [0, 0.1) is 20.8 Å². The maximum absolute atomic E-state index is 11.2. The number of benzene rings is 1. The number of carboxylic acids is 1. The molecule has 0 aliphatic carbocycles. The first kappa shape index (κ1) is 14.8. The molecule has 1 aromatic carbocycles. The minimum atomic E-state index is -1.02. The molecule has 1 heterocycles. The molecule has 1 N–H and O–H groups in total. The fourth-order valence-electron chi connectivity index (χ4n) is 1.64. The van der Waals surface area contributed by atoms with Crippen molar-refractivity contribution in [2.75, 3.05) is 0 Å². The average Bonchev–Trinajstić information content (AvgIpc) is 2.37. The molecule has 0 saturated carbocycles. The third kappa shape index (κ3) is 3.11. The largest absolute Gasteiger partial charge is 0.478 e. The van der Waals surface area contributed by atoms with Crippen LogP contribution in [0.3, 0.4) is 0 Å². The van der Waals surface area contributed by atoms with Gasteiger partial charge in [0, 0.05) is 21.3 Å². The summed E-state index contributed by atoms with van der Waals surface area (Å²) in [6, 6.07) is 4.76. The summed E-state index contributed by atoms with van der Waals surface area (Å²) in [7, 11) is 0. The van der Waals surface area contributed by atoms with Crippen molar-refractivity contribution in [2.45, 2.75) is 30.8 Å². The van der Waals surface area contributed by atoms with Crippen LogP contribution in [0.4, 0.5) is 0 Å². The number of carboxylic acid groups (broad SMARTS) is 1. The number of aryl methyl sites for hydroxylation is 2. The van der Waals surface area contributed by atoms with Crippen molar-refractivity contribution in [3.8, 4) is 0 Å². The Labute approximate surface area is 126 Å². The van der Waals surface area contributed by atoms with Crippen molar-refractivity contribution in [3.05, 3.63) is 45.7 Å². The highest BCUT2D eigenvalue weighted by atomic mass is 35.5. The van der Waals surface area contributed by atoms with Gasteiger partial charge in [0.2, 0.25) is 0 Å². The first-order valence-corrected chi connectivity index (χ1v) is 7.10. The van der Waals surface area contributed by atoms with Gasteiger partial charge in [-0.25, -0.2) is 14.8 Å². The zero-order chi connectivity index (χ0) is 14.9. The first-order chi connectivity index (χ1) is 9.38. The van der Waals surface area contributed by atoms with E-state index in [4.69, 9.17) is 11.6 Å². The second kappa shape index (κ2) is 5.81. The molecule has 1 aromatic heterocycles. The zero-order valence-electron chi connectivity index (χ0n) is 11.3. The van der Waals surface area contributed by atoms with Crippen LogP contribution in [0.1, 0.15) is 27.3 Å². The van der Waals surface area contributed by atoms with Gasteiger partial charge in [0.25, 0.3) is 0 Å². The number of hydrogen-bond donors (Lipinski definition) is 1. The lowest BCUT2D eigenvalue weighted by molar-refractivity contribution is 0.0693. The average molecular weight is 309 g/mol. The van der Waals surface area contributed by atoms with Crippen LogP contribution in [0.2, 0.25) is 5.02 Å². The van der Waals surface area contributed by atoms with Crippen molar-refractivity contribution in [3.63, 3.8) is 0 Å². The lowest BCUT2D eigenvalue weighted by Crippen LogP contribution is -2.01. The summed E-state index contributed by atoms with van der Waals surface area (Å²) in [5, 5.41) is 10.1. The number of nitrogens with zero attached hydrogens (tertiary/aromatic N) is 2. The van der Waals surface area contributed by atoms with Gasteiger partial charge in [0.1, 0.15) is 0 Å². The van der Waals surface area contributed by atoms with Gasteiger partial charge in [0.15, 0.2) is 5.16 Å². The summed E-state index contributed by atoms with van der Waals surface area (Å²) in [4.78, 5) is 20.6. The van der Waals surface area contributed by atoms with Gasteiger partial charge in [-0.1, -0.05) is 11.6 Å². The van der Waals surface area contributed by atoms with E-state index in [0.29, 0.717) is 15.1 Å². The topological polar surface area (TPSA) is 63.1 Å². The summed E-state index contributed by atoms with van der Waals surface area (Å²) in [5.41, 5.74) is 2.99. The second-order valence-corrected chi connectivity index (χ2v) is 5.80. The molecule has 0 unspecified atom stereocenters. The lowest BCUT2D eigenvalue weighted by atomic mass is 10.2. The fraction of sp³-hybridized carbons (Fsp3) is 0.214. The number of halogens is 1. The van der Waals surface area contributed by atoms with Gasteiger partial charge in [0.05, 0.1) is 5.56 Å². The normalized spacial score (nSPS) is 10.6. The molecule has 0 radical (unpaired) electrons. The molecular formula is C14H13ClN2O2S. The molecular weight excluding hydrogens is 296 g/mol. The predicted octanol–water partition coefficient (Wildman–Crippen LogP) is 3.90. The Bertz CT molecular complexity index is 666. The van der Waals surface area contributed by atoms with Crippen molar-refractivity contribution in [1.82, 2.24) is 9.97 Å². The summed E-state index contributed by atoms with van der Waals surface area (Å²) < 4.78 is 0. The van der Waals surface area contributed by atoms with E-state index >= 15 is 0 Å². The molecule has 0 spiro atoms. The quantitative estimate of drug-likeness (QED) is 0.871. The molecule has 20 heavy (non-hydrogen) atoms. The summed E-state index contributed by atoms with van der Waals surface area (Å²) in [6.07, 6.45) is 0. The highest BCUT2D eigenvalue weighted by molar-refractivity contribution is 7.99. The van der Waals surface area contributed by atoms with Gasteiger partial charge in [-0.15, -0.1) is 0 Å². The fourth-order valence-corrected chi connectivity index (χ4v) is 2.77. The van der Waals surface area contributed by atoms with Crippen LogP contribution in [0.25, 0.3) is 0 Å². The van der Waals surface area contributed by atoms with E-state index < -0.39 is 5.97 Å². The smallest absolute Gasteiger partial charge is 0.336 e. The lowest BCUT2D eigenvalue weighted by Gasteiger charge is -2.08. The van der Waals surface area contributed by atoms with Crippen LogP contribution in [0.15, 0.2) is 28.3 Å². The van der Waals surface area contributed by atoms with E-state index in [1.807, 2.05) is 20.8 Å². The van der Waals surface area contributed by atoms with Crippen molar-refractivity contribution in [2.24, 2.45) is 0 Å². The highest BCUT2D eigenvalue weighted by Gasteiger charge is 2.14. The molecule has 0 atom stereocenters. The van der Waals surface area contributed by atoms with E-state index in [0.717, 1.165) is 17.0 Å². The highest BCUT2D eigenvalue weighted by Crippen LogP contribution is 2.30. The molecule has 0 saturated heterocycles.